The molecule has 3 rings (SSSR count). The number of amides is 1. The first-order chi connectivity index (χ1) is 11.9. The van der Waals surface area contributed by atoms with E-state index in [0.717, 1.165) is 12.8 Å². The minimum absolute atomic E-state index is 0.00314. The van der Waals surface area contributed by atoms with Gasteiger partial charge < -0.3 is 10.1 Å². The van der Waals surface area contributed by atoms with Gasteiger partial charge in [0.15, 0.2) is 0 Å². The number of hydrogen-bond acceptors (Lipinski definition) is 4. The fraction of sp³-hybridized carbons (Fsp3) is 0.235. The van der Waals surface area contributed by atoms with Crippen LogP contribution in [-0.2, 0) is 10.0 Å². The second-order valence-corrected chi connectivity index (χ2v) is 7.87. The van der Waals surface area contributed by atoms with Gasteiger partial charge in [-0.2, -0.15) is 0 Å². The molecule has 0 aliphatic heterocycles. The maximum absolute atomic E-state index is 12.4. The fourth-order valence-corrected chi connectivity index (χ4v) is 3.79. The number of carbonyl (C=O) groups is 1. The van der Waals surface area contributed by atoms with Crippen molar-refractivity contribution >= 4 is 33.2 Å². The summed E-state index contributed by atoms with van der Waals surface area (Å²) in [5, 5.41) is 3.11. The molecule has 0 saturated heterocycles. The van der Waals surface area contributed by atoms with Gasteiger partial charge in [0, 0.05) is 16.6 Å². The highest BCUT2D eigenvalue weighted by atomic mass is 35.5. The highest BCUT2D eigenvalue weighted by molar-refractivity contribution is 7.89. The van der Waals surface area contributed by atoms with Crippen molar-refractivity contribution in [2.75, 3.05) is 12.4 Å². The summed E-state index contributed by atoms with van der Waals surface area (Å²) in [5.41, 5.74) is 0.630. The van der Waals surface area contributed by atoms with Crippen LogP contribution in [0.4, 0.5) is 5.69 Å². The van der Waals surface area contributed by atoms with E-state index in [1.807, 2.05) is 0 Å². The van der Waals surface area contributed by atoms with Gasteiger partial charge in [0.05, 0.1) is 17.7 Å². The third-order valence-corrected chi connectivity index (χ3v) is 5.47. The number of benzene rings is 2. The molecule has 8 heteroatoms. The molecule has 0 heterocycles. The number of hydrogen-bond donors (Lipinski definition) is 2. The molecule has 0 spiro atoms. The highest BCUT2D eigenvalue weighted by Gasteiger charge is 2.28. The predicted octanol–water partition coefficient (Wildman–Crippen LogP) is 3.04. The minimum Gasteiger partial charge on any atom is -0.495 e. The zero-order valence-electron chi connectivity index (χ0n) is 13.5. The van der Waals surface area contributed by atoms with Gasteiger partial charge in [-0.25, -0.2) is 13.1 Å². The first kappa shape index (κ1) is 17.7. The summed E-state index contributed by atoms with van der Waals surface area (Å²) >= 11 is 5.90. The Morgan fingerprint density at radius 1 is 1.20 bits per heavy atom. The molecule has 0 radical (unpaired) electrons. The topological polar surface area (TPSA) is 84.5 Å². The molecule has 1 fully saturated rings. The molecule has 132 valence electrons. The Kier molecular flexibility index (Phi) is 4.99. The van der Waals surface area contributed by atoms with Gasteiger partial charge in [-0.15, -0.1) is 0 Å². The van der Waals surface area contributed by atoms with Crippen molar-refractivity contribution in [3.63, 3.8) is 0 Å². The van der Waals surface area contributed by atoms with E-state index in [1.54, 1.807) is 18.2 Å². The normalized spacial score (nSPS) is 14.2. The molecule has 1 saturated carbocycles. The summed E-state index contributed by atoms with van der Waals surface area (Å²) in [4.78, 5) is 12.5. The van der Waals surface area contributed by atoms with Crippen LogP contribution < -0.4 is 14.8 Å². The molecule has 1 aliphatic rings. The summed E-state index contributed by atoms with van der Waals surface area (Å²) in [7, 11) is -2.18. The largest absolute Gasteiger partial charge is 0.495 e. The van der Waals surface area contributed by atoms with E-state index in [2.05, 4.69) is 10.0 Å². The molecule has 0 bridgehead atoms. The van der Waals surface area contributed by atoms with E-state index in [9.17, 15) is 13.2 Å². The van der Waals surface area contributed by atoms with Crippen molar-refractivity contribution < 1.29 is 17.9 Å². The van der Waals surface area contributed by atoms with Gasteiger partial charge in [0.25, 0.3) is 5.91 Å². The lowest BCUT2D eigenvalue weighted by molar-refractivity contribution is 0.102. The van der Waals surface area contributed by atoms with E-state index in [4.69, 9.17) is 16.3 Å². The number of methoxy groups -OCH3 is 1. The minimum atomic E-state index is -3.63. The van der Waals surface area contributed by atoms with Crippen LogP contribution in [0.2, 0.25) is 5.02 Å². The van der Waals surface area contributed by atoms with Crippen LogP contribution in [-0.4, -0.2) is 27.5 Å². The average molecular weight is 381 g/mol. The SMILES string of the molecule is COc1ccc(S(=O)(=O)NC2CC2)cc1NC(=O)c1cccc(Cl)c1. The summed E-state index contributed by atoms with van der Waals surface area (Å²) in [5.74, 6) is -0.0498. The molecule has 2 N–H and O–H groups in total. The predicted molar refractivity (Wildman–Crippen MR) is 95.7 cm³/mol. The molecule has 2 aromatic carbocycles. The Labute approximate surface area is 151 Å². The average Bonchev–Trinajstić information content (AvgIpc) is 3.38. The molecule has 0 unspecified atom stereocenters. The van der Waals surface area contributed by atoms with E-state index in [0.29, 0.717) is 16.3 Å². The van der Waals surface area contributed by atoms with Crippen LogP contribution in [0.1, 0.15) is 23.2 Å². The molecule has 1 amide bonds. The van der Waals surface area contributed by atoms with Gasteiger partial charge >= 0.3 is 0 Å². The summed E-state index contributed by atoms with van der Waals surface area (Å²) in [6.45, 7) is 0. The quantitative estimate of drug-likeness (QED) is 0.806. The molecule has 0 atom stereocenters. The van der Waals surface area contributed by atoms with E-state index in [1.165, 1.54) is 31.4 Å². The van der Waals surface area contributed by atoms with E-state index >= 15 is 0 Å². The van der Waals surface area contributed by atoms with Crippen molar-refractivity contribution in [3.05, 3.63) is 53.1 Å². The number of nitrogens with one attached hydrogen (secondary N) is 2. The van der Waals surface area contributed by atoms with Gasteiger partial charge in [-0.1, -0.05) is 17.7 Å². The van der Waals surface area contributed by atoms with Gasteiger partial charge in [0.2, 0.25) is 10.0 Å². The first-order valence-electron chi connectivity index (χ1n) is 7.66. The molecule has 25 heavy (non-hydrogen) atoms. The van der Waals surface area contributed by atoms with Crippen molar-refractivity contribution in [3.8, 4) is 5.75 Å². The van der Waals surface area contributed by atoms with Crippen LogP contribution in [0, 0.1) is 0 Å². The van der Waals surface area contributed by atoms with Gasteiger partial charge in [-0.3, -0.25) is 4.79 Å². The molecular formula is C17H17ClN2O4S. The molecule has 6 nitrogen and oxygen atoms in total. The molecule has 2 aromatic rings. The lowest BCUT2D eigenvalue weighted by atomic mass is 10.2. The van der Waals surface area contributed by atoms with Crippen LogP contribution in [0.3, 0.4) is 0 Å². The number of rotatable bonds is 6. The lowest BCUT2D eigenvalue weighted by Gasteiger charge is -2.13. The van der Waals surface area contributed by atoms with Crippen LogP contribution in [0.15, 0.2) is 47.4 Å². The van der Waals surface area contributed by atoms with Gasteiger partial charge in [0.1, 0.15) is 5.75 Å². The van der Waals surface area contributed by atoms with Crippen molar-refractivity contribution in [1.29, 1.82) is 0 Å². The Bertz CT molecular complexity index is 911. The fourth-order valence-electron chi connectivity index (χ4n) is 2.26. The third kappa shape index (κ3) is 4.31. The van der Waals surface area contributed by atoms with Crippen LogP contribution >= 0.6 is 11.6 Å². The highest BCUT2D eigenvalue weighted by Crippen LogP contribution is 2.29. The zero-order valence-corrected chi connectivity index (χ0v) is 15.0. The maximum Gasteiger partial charge on any atom is 0.255 e. The smallest absolute Gasteiger partial charge is 0.255 e. The number of halogens is 1. The molecule has 1 aliphatic carbocycles. The second-order valence-electron chi connectivity index (χ2n) is 5.72. The summed E-state index contributed by atoms with van der Waals surface area (Å²) in [6, 6.07) is 10.8. The Morgan fingerprint density at radius 3 is 2.60 bits per heavy atom. The van der Waals surface area contributed by atoms with Crippen LogP contribution in [0.5, 0.6) is 5.75 Å². The van der Waals surface area contributed by atoms with Crippen LogP contribution in [0.25, 0.3) is 0 Å². The van der Waals surface area contributed by atoms with Crippen molar-refractivity contribution in [1.82, 2.24) is 4.72 Å². The van der Waals surface area contributed by atoms with Crippen molar-refractivity contribution in [2.45, 2.75) is 23.8 Å². The number of ether oxygens (including phenoxy) is 1. The summed E-state index contributed by atoms with van der Waals surface area (Å²) in [6.07, 6.45) is 1.68. The Balaban J connectivity index is 1.88. The standard InChI is InChI=1S/C17H17ClN2O4S/c1-24-16-8-7-14(25(22,23)20-13-5-6-13)10-15(16)19-17(21)11-3-2-4-12(18)9-11/h2-4,7-10,13,20H,5-6H2,1H3,(H,19,21). The van der Waals surface area contributed by atoms with E-state index < -0.39 is 15.9 Å². The summed E-state index contributed by atoms with van der Waals surface area (Å²) < 4.78 is 32.5. The first-order valence-corrected chi connectivity index (χ1v) is 9.52. The third-order valence-electron chi connectivity index (χ3n) is 3.72. The molecular weight excluding hydrogens is 364 g/mol. The van der Waals surface area contributed by atoms with Crippen molar-refractivity contribution in [2.24, 2.45) is 0 Å². The molecule has 0 aromatic heterocycles. The Hall–Kier alpha value is -2.09. The number of carbonyl (C=O) groups excluding carboxylic acids is 1. The number of sulfonamides is 1. The van der Waals surface area contributed by atoms with E-state index in [-0.39, 0.29) is 16.6 Å². The second kappa shape index (κ2) is 7.03. The maximum atomic E-state index is 12.4. The lowest BCUT2D eigenvalue weighted by Crippen LogP contribution is -2.25. The Morgan fingerprint density at radius 2 is 1.96 bits per heavy atom. The zero-order chi connectivity index (χ0) is 18.0. The monoisotopic (exact) mass is 380 g/mol. The number of anilines is 1. The van der Waals surface area contributed by atoms with Gasteiger partial charge in [-0.05, 0) is 49.2 Å².